The van der Waals surface area contributed by atoms with Gasteiger partial charge in [-0.3, -0.25) is 9.69 Å². The molecule has 7 heteroatoms. The molecule has 0 bridgehead atoms. The lowest BCUT2D eigenvalue weighted by molar-refractivity contribution is 0.103. The van der Waals surface area contributed by atoms with Crippen molar-refractivity contribution in [1.29, 1.82) is 0 Å². The molecule has 2 aromatic heterocycles. The van der Waals surface area contributed by atoms with E-state index >= 15 is 0 Å². The first-order chi connectivity index (χ1) is 15.5. The summed E-state index contributed by atoms with van der Waals surface area (Å²) in [6, 6.07) is 10.1. The van der Waals surface area contributed by atoms with Gasteiger partial charge in [0.1, 0.15) is 5.00 Å². The van der Waals surface area contributed by atoms with Crippen LogP contribution in [0, 0.1) is 19.8 Å². The lowest BCUT2D eigenvalue weighted by Gasteiger charge is -2.37. The number of anilines is 1. The molecule has 4 heterocycles. The second-order valence-electron chi connectivity index (χ2n) is 8.69. The molecule has 1 aromatic carbocycles. The Balaban J connectivity index is 1.57. The molecule has 5 nitrogen and oxygen atoms in total. The number of nitrogens with zero attached hydrogens (tertiary/aromatic N) is 1. The molecular weight excluding hydrogens is 440 g/mol. The standard InChI is InChI=1S/C25H28N2O3S2/c1-15-8-10-27(11-9-15)23(18-6-7-19-20(13-18)30-14-29-19)22-16(2)17(3)32-25(22)26-24(28)21-5-4-12-31-21/h4-7,12-13,15,23H,8-11,14H2,1-3H3,(H,26,28)/t23-/m0/s1. The Bertz CT molecular complexity index is 1110. The Morgan fingerprint density at radius 3 is 2.69 bits per heavy atom. The molecule has 1 saturated heterocycles. The van der Waals surface area contributed by atoms with E-state index in [-0.39, 0.29) is 18.7 Å². The highest BCUT2D eigenvalue weighted by atomic mass is 32.1. The second kappa shape index (κ2) is 8.89. The van der Waals surface area contributed by atoms with Crippen LogP contribution >= 0.6 is 22.7 Å². The highest BCUT2D eigenvalue weighted by molar-refractivity contribution is 7.17. The molecule has 32 heavy (non-hydrogen) atoms. The van der Waals surface area contributed by atoms with Crippen molar-refractivity contribution in [1.82, 2.24) is 4.90 Å². The van der Waals surface area contributed by atoms with E-state index < -0.39 is 0 Å². The summed E-state index contributed by atoms with van der Waals surface area (Å²) in [5.41, 5.74) is 3.62. The smallest absolute Gasteiger partial charge is 0.266 e. The van der Waals surface area contributed by atoms with Gasteiger partial charge in [-0.1, -0.05) is 19.1 Å². The zero-order chi connectivity index (χ0) is 22.2. The van der Waals surface area contributed by atoms with Crippen molar-refractivity contribution in [2.75, 3.05) is 25.2 Å². The largest absolute Gasteiger partial charge is 0.454 e. The summed E-state index contributed by atoms with van der Waals surface area (Å²) in [6.45, 7) is 8.98. The predicted octanol–water partition coefficient (Wildman–Crippen LogP) is 6.23. The molecule has 1 fully saturated rings. The van der Waals surface area contributed by atoms with Gasteiger partial charge >= 0.3 is 0 Å². The van der Waals surface area contributed by atoms with Gasteiger partial charge in [-0.25, -0.2) is 0 Å². The number of aryl methyl sites for hydroxylation is 1. The summed E-state index contributed by atoms with van der Waals surface area (Å²) >= 11 is 3.14. The summed E-state index contributed by atoms with van der Waals surface area (Å²) in [6.07, 6.45) is 2.36. The van der Waals surface area contributed by atoms with Crippen molar-refractivity contribution in [2.24, 2.45) is 5.92 Å². The average molecular weight is 469 g/mol. The number of carbonyl (C=O) groups is 1. The maximum absolute atomic E-state index is 12.9. The number of hydrogen-bond donors (Lipinski definition) is 1. The molecule has 0 aliphatic carbocycles. The van der Waals surface area contributed by atoms with Gasteiger partial charge in [0.05, 0.1) is 10.9 Å². The van der Waals surface area contributed by atoms with Crippen LogP contribution in [0.4, 0.5) is 5.00 Å². The number of carbonyl (C=O) groups excluding carboxylic acids is 1. The molecular formula is C25H28N2O3S2. The minimum Gasteiger partial charge on any atom is -0.454 e. The minimum atomic E-state index is -0.0424. The summed E-state index contributed by atoms with van der Waals surface area (Å²) in [5, 5.41) is 6.11. The average Bonchev–Trinajstić information content (AvgIpc) is 3.53. The Kier molecular flexibility index (Phi) is 5.97. The maximum Gasteiger partial charge on any atom is 0.266 e. The molecule has 1 N–H and O–H groups in total. The number of benzene rings is 1. The highest BCUT2D eigenvalue weighted by Crippen LogP contribution is 2.45. The number of nitrogens with one attached hydrogen (secondary N) is 1. The lowest BCUT2D eigenvalue weighted by atomic mass is 9.91. The van der Waals surface area contributed by atoms with Crippen molar-refractivity contribution >= 4 is 33.6 Å². The van der Waals surface area contributed by atoms with Gasteiger partial charge in [-0.15, -0.1) is 22.7 Å². The number of rotatable bonds is 5. The quantitative estimate of drug-likeness (QED) is 0.482. The number of fused-ring (bicyclic) bond motifs is 1. The van der Waals surface area contributed by atoms with Gasteiger partial charge in [0, 0.05) is 10.4 Å². The van der Waals surface area contributed by atoms with E-state index in [1.54, 1.807) is 11.3 Å². The van der Waals surface area contributed by atoms with E-state index in [4.69, 9.17) is 9.47 Å². The third kappa shape index (κ3) is 4.05. The fourth-order valence-corrected chi connectivity index (χ4v) is 6.28. The van der Waals surface area contributed by atoms with E-state index in [2.05, 4.69) is 43.1 Å². The molecule has 2 aliphatic rings. The van der Waals surface area contributed by atoms with Gasteiger partial charge in [0.15, 0.2) is 11.5 Å². The zero-order valence-electron chi connectivity index (χ0n) is 18.6. The topological polar surface area (TPSA) is 50.8 Å². The van der Waals surface area contributed by atoms with Gasteiger partial charge in [-0.05, 0) is 80.4 Å². The summed E-state index contributed by atoms with van der Waals surface area (Å²) in [4.78, 5) is 17.5. The van der Waals surface area contributed by atoms with E-state index in [9.17, 15) is 4.79 Å². The van der Waals surface area contributed by atoms with Crippen molar-refractivity contribution in [3.05, 3.63) is 62.2 Å². The predicted molar refractivity (Wildman–Crippen MR) is 130 cm³/mol. The number of likely N-dealkylation sites (tertiary alicyclic amines) is 1. The van der Waals surface area contributed by atoms with Gasteiger partial charge in [0.2, 0.25) is 6.79 Å². The highest BCUT2D eigenvalue weighted by Gasteiger charge is 2.32. The number of ether oxygens (including phenoxy) is 2. The molecule has 1 atom stereocenters. The van der Waals surface area contributed by atoms with Crippen LogP contribution in [0.2, 0.25) is 0 Å². The Hall–Kier alpha value is -2.35. The molecule has 0 unspecified atom stereocenters. The Morgan fingerprint density at radius 1 is 1.16 bits per heavy atom. The van der Waals surface area contributed by atoms with Crippen LogP contribution in [0.15, 0.2) is 35.7 Å². The van der Waals surface area contributed by atoms with Gasteiger partial charge < -0.3 is 14.8 Å². The normalized spacial score (nSPS) is 17.5. The summed E-state index contributed by atoms with van der Waals surface area (Å²) in [7, 11) is 0. The summed E-state index contributed by atoms with van der Waals surface area (Å²) in [5.74, 6) is 2.29. The maximum atomic E-state index is 12.9. The SMILES string of the molecule is Cc1sc(NC(=O)c2cccs2)c([C@H](c2ccc3c(c2)OCO3)N2CCC(C)CC2)c1C. The molecule has 5 rings (SSSR count). The fraction of sp³-hybridized carbons (Fsp3) is 0.400. The fourth-order valence-electron chi connectivity index (χ4n) is 4.57. The van der Waals surface area contributed by atoms with Crippen LogP contribution in [-0.2, 0) is 0 Å². The van der Waals surface area contributed by atoms with Crippen LogP contribution in [0.25, 0.3) is 0 Å². The molecule has 0 spiro atoms. The van der Waals surface area contributed by atoms with Crippen molar-refractivity contribution in [3.8, 4) is 11.5 Å². The first-order valence-corrected chi connectivity index (χ1v) is 12.8. The van der Waals surface area contributed by atoms with Gasteiger partial charge in [-0.2, -0.15) is 0 Å². The summed E-state index contributed by atoms with van der Waals surface area (Å²) < 4.78 is 11.3. The van der Waals surface area contributed by atoms with Crippen molar-refractivity contribution in [3.63, 3.8) is 0 Å². The first kappa shape index (κ1) is 21.5. The number of thiophene rings is 2. The first-order valence-electron chi connectivity index (χ1n) is 11.1. The van der Waals surface area contributed by atoms with Crippen LogP contribution in [0.5, 0.6) is 11.5 Å². The molecule has 0 saturated carbocycles. The zero-order valence-corrected chi connectivity index (χ0v) is 20.3. The van der Waals surface area contributed by atoms with Crippen LogP contribution < -0.4 is 14.8 Å². The van der Waals surface area contributed by atoms with Crippen molar-refractivity contribution < 1.29 is 14.3 Å². The van der Waals surface area contributed by atoms with E-state index in [1.807, 2.05) is 23.6 Å². The lowest BCUT2D eigenvalue weighted by Crippen LogP contribution is -2.37. The van der Waals surface area contributed by atoms with E-state index in [0.717, 1.165) is 40.4 Å². The Labute approximate surface area is 197 Å². The van der Waals surface area contributed by atoms with Crippen LogP contribution in [-0.4, -0.2) is 30.7 Å². The molecule has 1 amide bonds. The van der Waals surface area contributed by atoms with E-state index in [1.165, 1.54) is 45.7 Å². The third-order valence-corrected chi connectivity index (χ3v) is 8.58. The molecule has 0 radical (unpaired) electrons. The molecule has 3 aromatic rings. The number of amides is 1. The van der Waals surface area contributed by atoms with E-state index in [0.29, 0.717) is 0 Å². The molecule has 2 aliphatic heterocycles. The van der Waals surface area contributed by atoms with Crippen LogP contribution in [0.3, 0.4) is 0 Å². The number of hydrogen-bond acceptors (Lipinski definition) is 6. The number of piperidine rings is 1. The van der Waals surface area contributed by atoms with Crippen LogP contribution in [0.1, 0.15) is 57.0 Å². The Morgan fingerprint density at radius 2 is 1.94 bits per heavy atom. The third-order valence-electron chi connectivity index (χ3n) is 6.57. The van der Waals surface area contributed by atoms with Crippen molar-refractivity contribution in [2.45, 2.75) is 39.7 Å². The second-order valence-corrected chi connectivity index (χ2v) is 10.9. The molecule has 168 valence electrons. The van der Waals surface area contributed by atoms with Gasteiger partial charge in [0.25, 0.3) is 5.91 Å². The minimum absolute atomic E-state index is 0.0424. The monoisotopic (exact) mass is 468 g/mol.